The zero-order valence-corrected chi connectivity index (χ0v) is 13.5. The normalized spacial score (nSPS) is 43.2. The highest BCUT2D eigenvalue weighted by atomic mass is 16.5. The molecular formula is C19H26O3. The predicted molar refractivity (Wildman–Crippen MR) is 85.0 cm³/mol. The summed E-state index contributed by atoms with van der Waals surface area (Å²) >= 11 is 0. The van der Waals surface area contributed by atoms with Crippen LogP contribution in [-0.4, -0.2) is 29.5 Å². The van der Waals surface area contributed by atoms with Crippen molar-refractivity contribution in [2.45, 2.75) is 57.2 Å². The number of fused-ring (bicyclic) bond motifs is 5. The minimum atomic E-state index is -0.546. The Morgan fingerprint density at radius 2 is 2.05 bits per heavy atom. The van der Waals surface area contributed by atoms with Crippen LogP contribution >= 0.6 is 0 Å². The molecule has 3 nitrogen and oxygen atoms in total. The fourth-order valence-corrected chi connectivity index (χ4v) is 5.67. The first-order valence-electron chi connectivity index (χ1n) is 8.57. The maximum absolute atomic E-state index is 10.4. The zero-order valence-electron chi connectivity index (χ0n) is 13.5. The molecule has 0 radical (unpaired) electrons. The number of methoxy groups -OCH3 is 1. The van der Waals surface area contributed by atoms with Gasteiger partial charge in [-0.2, -0.15) is 0 Å². The van der Waals surface area contributed by atoms with Crippen LogP contribution in [0.15, 0.2) is 18.2 Å². The highest BCUT2D eigenvalue weighted by molar-refractivity contribution is 5.40. The lowest BCUT2D eigenvalue weighted by molar-refractivity contribution is -0.0505. The second-order valence-electron chi connectivity index (χ2n) is 7.77. The van der Waals surface area contributed by atoms with E-state index in [1.807, 2.05) is 0 Å². The van der Waals surface area contributed by atoms with Crippen LogP contribution < -0.4 is 4.74 Å². The van der Waals surface area contributed by atoms with E-state index in [2.05, 4.69) is 25.1 Å². The van der Waals surface area contributed by atoms with Crippen LogP contribution in [0.1, 0.15) is 49.7 Å². The van der Waals surface area contributed by atoms with Gasteiger partial charge in [0.2, 0.25) is 0 Å². The van der Waals surface area contributed by atoms with E-state index in [1.165, 1.54) is 17.5 Å². The molecule has 2 fully saturated rings. The average Bonchev–Trinajstić information content (AvgIpc) is 2.77. The summed E-state index contributed by atoms with van der Waals surface area (Å²) in [6.45, 7) is 2.19. The second-order valence-corrected chi connectivity index (χ2v) is 7.77. The summed E-state index contributed by atoms with van der Waals surface area (Å²) in [5.74, 6) is 2.59. The van der Waals surface area contributed by atoms with E-state index >= 15 is 0 Å². The molecule has 22 heavy (non-hydrogen) atoms. The third-order valence-corrected chi connectivity index (χ3v) is 6.91. The minimum Gasteiger partial charge on any atom is -0.497 e. The molecule has 0 heterocycles. The first kappa shape index (κ1) is 14.5. The molecule has 0 aliphatic heterocycles. The molecule has 1 aromatic carbocycles. The predicted octanol–water partition coefficient (Wildman–Crippen LogP) is 2.88. The topological polar surface area (TPSA) is 49.7 Å². The van der Waals surface area contributed by atoms with E-state index in [9.17, 15) is 10.2 Å². The Balaban J connectivity index is 1.69. The highest BCUT2D eigenvalue weighted by Gasteiger charge is 2.57. The summed E-state index contributed by atoms with van der Waals surface area (Å²) in [6, 6.07) is 6.51. The van der Waals surface area contributed by atoms with Gasteiger partial charge in [-0.05, 0) is 78.5 Å². The smallest absolute Gasteiger partial charge is 0.119 e. The summed E-state index contributed by atoms with van der Waals surface area (Å²) in [6.07, 6.45) is 4.09. The summed E-state index contributed by atoms with van der Waals surface area (Å²) in [5, 5.41) is 20.6. The Kier molecular flexibility index (Phi) is 3.28. The minimum absolute atomic E-state index is 0.0927. The average molecular weight is 302 g/mol. The Morgan fingerprint density at radius 3 is 2.82 bits per heavy atom. The van der Waals surface area contributed by atoms with Gasteiger partial charge in [0.1, 0.15) is 5.75 Å². The zero-order chi connectivity index (χ0) is 15.5. The number of ether oxygens (including phenoxy) is 1. The van der Waals surface area contributed by atoms with Crippen LogP contribution in [0.3, 0.4) is 0 Å². The standard InChI is InChI=1S/C19H26O3/c1-19-8-7-14-13-6-4-12(22-2)9-11(13)3-5-15(14)16(19)10-17(20)18(19)21/h4,6,9,14-18,20-21H,3,5,7-8,10H2,1-2H3/t14-,15-,16-,17-,18-,19-/m1/s1. The van der Waals surface area contributed by atoms with E-state index < -0.39 is 12.2 Å². The molecule has 3 aliphatic rings. The van der Waals surface area contributed by atoms with E-state index in [-0.39, 0.29) is 5.41 Å². The van der Waals surface area contributed by atoms with Gasteiger partial charge in [-0.3, -0.25) is 0 Å². The van der Waals surface area contributed by atoms with Crippen molar-refractivity contribution in [3.8, 4) is 5.75 Å². The summed E-state index contributed by atoms with van der Waals surface area (Å²) in [7, 11) is 1.72. The van der Waals surface area contributed by atoms with Gasteiger partial charge >= 0.3 is 0 Å². The molecule has 3 aliphatic carbocycles. The van der Waals surface area contributed by atoms with Gasteiger partial charge < -0.3 is 14.9 Å². The van der Waals surface area contributed by atoms with Gasteiger partial charge in [0.15, 0.2) is 0 Å². The summed E-state index contributed by atoms with van der Waals surface area (Å²) in [4.78, 5) is 0. The van der Waals surface area contributed by atoms with Crippen LogP contribution in [0.4, 0.5) is 0 Å². The number of hydrogen-bond donors (Lipinski definition) is 2. The molecular weight excluding hydrogens is 276 g/mol. The van der Waals surface area contributed by atoms with E-state index in [0.29, 0.717) is 17.8 Å². The van der Waals surface area contributed by atoms with Crippen molar-refractivity contribution in [1.29, 1.82) is 0 Å². The lowest BCUT2D eigenvalue weighted by Crippen LogP contribution is -2.44. The van der Waals surface area contributed by atoms with Crippen molar-refractivity contribution in [3.05, 3.63) is 29.3 Å². The van der Waals surface area contributed by atoms with Crippen molar-refractivity contribution >= 4 is 0 Å². The van der Waals surface area contributed by atoms with Crippen molar-refractivity contribution in [1.82, 2.24) is 0 Å². The quantitative estimate of drug-likeness (QED) is 0.838. The first-order valence-corrected chi connectivity index (χ1v) is 8.57. The van der Waals surface area contributed by atoms with Crippen LogP contribution in [-0.2, 0) is 6.42 Å². The lowest BCUT2D eigenvalue weighted by atomic mass is 9.55. The van der Waals surface area contributed by atoms with Gasteiger partial charge in [0, 0.05) is 0 Å². The third kappa shape index (κ3) is 1.88. The van der Waals surface area contributed by atoms with Crippen LogP contribution in [0.5, 0.6) is 5.75 Å². The van der Waals surface area contributed by atoms with Crippen LogP contribution in [0.25, 0.3) is 0 Å². The molecule has 4 rings (SSSR count). The fraction of sp³-hybridized carbons (Fsp3) is 0.684. The third-order valence-electron chi connectivity index (χ3n) is 6.91. The van der Waals surface area contributed by atoms with E-state index in [1.54, 1.807) is 7.11 Å². The number of hydrogen-bond acceptors (Lipinski definition) is 3. The molecule has 0 saturated heterocycles. The number of aliphatic hydroxyl groups excluding tert-OH is 2. The first-order chi connectivity index (χ1) is 10.5. The molecule has 3 heteroatoms. The largest absolute Gasteiger partial charge is 0.497 e. The van der Waals surface area contributed by atoms with E-state index in [0.717, 1.165) is 31.4 Å². The Bertz CT molecular complexity index is 584. The van der Waals surface area contributed by atoms with Gasteiger partial charge in [0.25, 0.3) is 0 Å². The number of aliphatic hydroxyl groups is 2. The van der Waals surface area contributed by atoms with Gasteiger partial charge in [0.05, 0.1) is 19.3 Å². The molecule has 2 saturated carbocycles. The Hall–Kier alpha value is -1.06. The molecule has 0 spiro atoms. The number of benzene rings is 1. The van der Waals surface area contributed by atoms with Gasteiger partial charge in [-0.1, -0.05) is 13.0 Å². The molecule has 6 atom stereocenters. The maximum Gasteiger partial charge on any atom is 0.119 e. The number of aryl methyl sites for hydroxylation is 1. The molecule has 120 valence electrons. The summed E-state index contributed by atoms with van der Waals surface area (Å²) in [5.41, 5.74) is 2.82. The Morgan fingerprint density at radius 1 is 1.23 bits per heavy atom. The Labute approximate surface area is 132 Å². The van der Waals surface area contributed by atoms with Crippen molar-refractivity contribution < 1.29 is 14.9 Å². The molecule has 1 aromatic rings. The molecule has 2 N–H and O–H groups in total. The number of rotatable bonds is 1. The molecule has 0 amide bonds. The van der Waals surface area contributed by atoms with Crippen LogP contribution in [0, 0.1) is 17.3 Å². The maximum atomic E-state index is 10.4. The molecule has 0 aromatic heterocycles. The lowest BCUT2D eigenvalue weighted by Gasteiger charge is -2.49. The SMILES string of the molecule is COc1ccc2c(c1)CC[C@@H]1[C@@H]2CC[C@@]2(C)[C@H](O)[C@H](O)C[C@H]12. The second kappa shape index (κ2) is 4.97. The van der Waals surface area contributed by atoms with Crippen molar-refractivity contribution in [3.63, 3.8) is 0 Å². The molecule has 0 bridgehead atoms. The highest BCUT2D eigenvalue weighted by Crippen LogP contribution is 2.60. The monoisotopic (exact) mass is 302 g/mol. The van der Waals surface area contributed by atoms with Crippen molar-refractivity contribution in [2.24, 2.45) is 17.3 Å². The van der Waals surface area contributed by atoms with Gasteiger partial charge in [-0.25, -0.2) is 0 Å². The summed E-state index contributed by atoms with van der Waals surface area (Å²) < 4.78 is 5.36. The van der Waals surface area contributed by atoms with Crippen molar-refractivity contribution in [2.75, 3.05) is 7.11 Å². The molecule has 0 unspecified atom stereocenters. The van der Waals surface area contributed by atoms with E-state index in [4.69, 9.17) is 4.74 Å². The van der Waals surface area contributed by atoms with Gasteiger partial charge in [-0.15, -0.1) is 0 Å². The van der Waals surface area contributed by atoms with Crippen LogP contribution in [0.2, 0.25) is 0 Å². The fourth-order valence-electron chi connectivity index (χ4n) is 5.67.